The molecule has 2 amide bonds. The van der Waals surface area contributed by atoms with Gasteiger partial charge in [-0.25, -0.2) is 0 Å². The maximum Gasteiger partial charge on any atom is 0.314 e. The van der Waals surface area contributed by atoms with E-state index in [1.54, 1.807) is 36.5 Å². The van der Waals surface area contributed by atoms with Crippen LogP contribution in [-0.2, 0) is 9.59 Å². The van der Waals surface area contributed by atoms with E-state index in [0.29, 0.717) is 11.2 Å². The van der Waals surface area contributed by atoms with Crippen LogP contribution < -0.4 is 10.6 Å². The van der Waals surface area contributed by atoms with Gasteiger partial charge in [0, 0.05) is 11.6 Å². The topological polar surface area (TPSA) is 91.3 Å². The zero-order chi connectivity index (χ0) is 16.2. The standard InChI is InChI=1S/C17H13N3O3/c21-14-9-2-1-7-12(14)19-16(22)17(23)20-13-8-3-5-11-6-4-10-18-15(11)13/h1-10,21H,(H,19,22)(H,20,23). The van der Waals surface area contributed by atoms with E-state index in [1.165, 1.54) is 12.1 Å². The Bertz CT molecular complexity index is 888. The number of carbonyl (C=O) groups is 2. The Hall–Kier alpha value is -3.41. The fourth-order valence-corrected chi connectivity index (χ4v) is 2.14. The van der Waals surface area contributed by atoms with Gasteiger partial charge < -0.3 is 15.7 Å². The van der Waals surface area contributed by atoms with Crippen LogP contribution in [0.1, 0.15) is 0 Å². The largest absolute Gasteiger partial charge is 0.506 e. The second-order valence-electron chi connectivity index (χ2n) is 4.81. The number of amides is 2. The number of pyridine rings is 1. The fourth-order valence-electron chi connectivity index (χ4n) is 2.14. The molecule has 0 aliphatic heterocycles. The molecule has 3 rings (SSSR count). The van der Waals surface area contributed by atoms with Crippen LogP contribution >= 0.6 is 0 Å². The molecule has 0 fully saturated rings. The summed E-state index contributed by atoms with van der Waals surface area (Å²) in [6.45, 7) is 0. The molecular formula is C17H13N3O3. The van der Waals surface area contributed by atoms with Gasteiger partial charge in [-0.2, -0.15) is 0 Å². The molecule has 1 heterocycles. The van der Waals surface area contributed by atoms with Crippen molar-refractivity contribution in [2.24, 2.45) is 0 Å². The summed E-state index contributed by atoms with van der Waals surface area (Å²) in [5.41, 5.74) is 1.21. The molecule has 0 radical (unpaired) electrons. The number of phenols is 1. The highest BCUT2D eigenvalue weighted by Crippen LogP contribution is 2.22. The summed E-state index contributed by atoms with van der Waals surface area (Å²) in [7, 11) is 0. The van der Waals surface area contributed by atoms with Crippen molar-refractivity contribution in [2.45, 2.75) is 0 Å². The Morgan fingerprint density at radius 3 is 2.26 bits per heavy atom. The number of hydrogen-bond acceptors (Lipinski definition) is 4. The van der Waals surface area contributed by atoms with Crippen molar-refractivity contribution in [3.05, 3.63) is 60.8 Å². The summed E-state index contributed by atoms with van der Waals surface area (Å²) >= 11 is 0. The molecule has 0 saturated heterocycles. The third-order valence-electron chi connectivity index (χ3n) is 3.24. The molecule has 0 aliphatic rings. The van der Waals surface area contributed by atoms with Gasteiger partial charge in [-0.1, -0.05) is 30.3 Å². The first-order chi connectivity index (χ1) is 11.1. The molecule has 23 heavy (non-hydrogen) atoms. The molecule has 3 N–H and O–H groups in total. The maximum atomic E-state index is 12.0. The van der Waals surface area contributed by atoms with E-state index < -0.39 is 11.8 Å². The molecule has 2 aromatic carbocycles. The minimum absolute atomic E-state index is 0.111. The first-order valence-electron chi connectivity index (χ1n) is 6.89. The first-order valence-corrected chi connectivity index (χ1v) is 6.89. The van der Waals surface area contributed by atoms with E-state index in [4.69, 9.17) is 0 Å². The normalized spacial score (nSPS) is 10.3. The highest BCUT2D eigenvalue weighted by atomic mass is 16.3. The van der Waals surface area contributed by atoms with Crippen molar-refractivity contribution >= 4 is 34.1 Å². The van der Waals surface area contributed by atoms with Crippen LogP contribution in [0.5, 0.6) is 5.75 Å². The first kappa shape index (κ1) is 14.5. The van der Waals surface area contributed by atoms with Gasteiger partial charge in [0.15, 0.2) is 0 Å². The quantitative estimate of drug-likeness (QED) is 0.501. The van der Waals surface area contributed by atoms with Crippen molar-refractivity contribution in [1.29, 1.82) is 0 Å². The number of hydrogen-bond donors (Lipinski definition) is 3. The van der Waals surface area contributed by atoms with Crippen LogP contribution in [0.15, 0.2) is 60.8 Å². The number of nitrogens with zero attached hydrogens (tertiary/aromatic N) is 1. The molecule has 0 saturated carbocycles. The minimum atomic E-state index is -0.876. The molecule has 6 nitrogen and oxygen atoms in total. The monoisotopic (exact) mass is 307 g/mol. The Balaban J connectivity index is 1.78. The van der Waals surface area contributed by atoms with E-state index in [-0.39, 0.29) is 11.4 Å². The zero-order valence-electron chi connectivity index (χ0n) is 12.0. The third kappa shape index (κ3) is 3.11. The number of aromatic nitrogens is 1. The maximum absolute atomic E-state index is 12.0. The molecule has 3 aromatic rings. The fraction of sp³-hybridized carbons (Fsp3) is 0. The molecule has 0 aliphatic carbocycles. The van der Waals surface area contributed by atoms with Gasteiger partial charge in [-0.15, -0.1) is 0 Å². The van der Waals surface area contributed by atoms with Gasteiger partial charge in [0.2, 0.25) is 0 Å². The smallest absolute Gasteiger partial charge is 0.314 e. The third-order valence-corrected chi connectivity index (χ3v) is 3.24. The predicted octanol–water partition coefficient (Wildman–Crippen LogP) is 2.52. The van der Waals surface area contributed by atoms with E-state index >= 15 is 0 Å². The molecule has 0 spiro atoms. The average Bonchev–Trinajstić information content (AvgIpc) is 2.57. The van der Waals surface area contributed by atoms with Crippen molar-refractivity contribution in [3.8, 4) is 5.75 Å². The summed E-state index contributed by atoms with van der Waals surface area (Å²) in [5, 5.41) is 15.4. The van der Waals surface area contributed by atoms with E-state index in [0.717, 1.165) is 5.39 Å². The Morgan fingerprint density at radius 2 is 1.48 bits per heavy atom. The van der Waals surface area contributed by atoms with Gasteiger partial charge in [0.05, 0.1) is 16.9 Å². The molecular weight excluding hydrogens is 294 g/mol. The number of nitrogens with one attached hydrogen (secondary N) is 2. The van der Waals surface area contributed by atoms with Gasteiger partial charge >= 0.3 is 11.8 Å². The Morgan fingerprint density at radius 1 is 0.826 bits per heavy atom. The number of para-hydroxylation sites is 3. The van der Waals surface area contributed by atoms with E-state index in [9.17, 15) is 14.7 Å². The van der Waals surface area contributed by atoms with E-state index in [2.05, 4.69) is 15.6 Å². The minimum Gasteiger partial charge on any atom is -0.506 e. The van der Waals surface area contributed by atoms with Crippen LogP contribution in [0.3, 0.4) is 0 Å². The van der Waals surface area contributed by atoms with Crippen molar-refractivity contribution < 1.29 is 14.7 Å². The number of fused-ring (bicyclic) bond motifs is 1. The lowest BCUT2D eigenvalue weighted by molar-refractivity contribution is -0.132. The molecule has 1 aromatic heterocycles. The Kier molecular flexibility index (Phi) is 3.88. The summed E-state index contributed by atoms with van der Waals surface area (Å²) in [5.74, 6) is -1.83. The number of aromatic hydroxyl groups is 1. The predicted molar refractivity (Wildman–Crippen MR) is 87.1 cm³/mol. The lowest BCUT2D eigenvalue weighted by Crippen LogP contribution is -2.29. The second-order valence-corrected chi connectivity index (χ2v) is 4.81. The van der Waals surface area contributed by atoms with Crippen molar-refractivity contribution in [3.63, 3.8) is 0 Å². The molecule has 0 bridgehead atoms. The van der Waals surface area contributed by atoms with Crippen LogP contribution in [0.2, 0.25) is 0 Å². The van der Waals surface area contributed by atoms with Crippen LogP contribution in [0, 0.1) is 0 Å². The van der Waals surface area contributed by atoms with Crippen molar-refractivity contribution in [1.82, 2.24) is 4.98 Å². The van der Waals surface area contributed by atoms with E-state index in [1.807, 2.05) is 12.1 Å². The number of phenolic OH excluding ortho intramolecular Hbond substituents is 1. The molecule has 114 valence electrons. The number of anilines is 2. The molecule has 0 unspecified atom stereocenters. The van der Waals surface area contributed by atoms with Crippen molar-refractivity contribution in [2.75, 3.05) is 10.6 Å². The SMILES string of the molecule is O=C(Nc1ccccc1O)C(=O)Nc1cccc2cccnc12. The Labute approximate surface area is 131 Å². The van der Waals surface area contributed by atoms with Crippen LogP contribution in [0.25, 0.3) is 10.9 Å². The number of rotatable bonds is 2. The number of benzene rings is 2. The lowest BCUT2D eigenvalue weighted by atomic mass is 10.2. The summed E-state index contributed by atoms with van der Waals surface area (Å²) in [4.78, 5) is 28.2. The van der Waals surface area contributed by atoms with Gasteiger partial charge in [-0.05, 0) is 24.3 Å². The second kappa shape index (κ2) is 6.15. The number of carbonyl (C=O) groups excluding carboxylic acids is 2. The summed E-state index contributed by atoms with van der Waals surface area (Å²) in [6.07, 6.45) is 1.61. The van der Waals surface area contributed by atoms with Gasteiger partial charge in [-0.3, -0.25) is 14.6 Å². The highest BCUT2D eigenvalue weighted by Gasteiger charge is 2.16. The molecule has 6 heteroatoms. The highest BCUT2D eigenvalue weighted by molar-refractivity contribution is 6.44. The summed E-state index contributed by atoms with van der Waals surface area (Å²) < 4.78 is 0. The molecule has 0 atom stereocenters. The average molecular weight is 307 g/mol. The van der Waals surface area contributed by atoms with Crippen LogP contribution in [-0.4, -0.2) is 21.9 Å². The van der Waals surface area contributed by atoms with Gasteiger partial charge in [0.1, 0.15) is 5.75 Å². The lowest BCUT2D eigenvalue weighted by Gasteiger charge is -2.09. The summed E-state index contributed by atoms with van der Waals surface area (Å²) in [6, 6.07) is 15.1. The van der Waals surface area contributed by atoms with Crippen LogP contribution in [0.4, 0.5) is 11.4 Å². The zero-order valence-corrected chi connectivity index (χ0v) is 12.0. The van der Waals surface area contributed by atoms with Gasteiger partial charge in [0.25, 0.3) is 0 Å².